The number of piperidine rings is 1. The van der Waals surface area contributed by atoms with Crippen molar-refractivity contribution >= 4 is 51.8 Å². The molecule has 2 aliphatic rings. The Morgan fingerprint density at radius 2 is 1.89 bits per heavy atom. The summed E-state index contributed by atoms with van der Waals surface area (Å²) in [5, 5.41) is 4.82. The Labute approximate surface area is 172 Å². The zero-order valence-corrected chi connectivity index (χ0v) is 17.2. The highest BCUT2D eigenvalue weighted by molar-refractivity contribution is 6.36. The number of halogens is 2. The van der Waals surface area contributed by atoms with Gasteiger partial charge in [0, 0.05) is 30.6 Å². The van der Waals surface area contributed by atoms with E-state index in [2.05, 4.69) is 15.3 Å². The van der Waals surface area contributed by atoms with Crippen molar-refractivity contribution in [3.63, 3.8) is 0 Å². The molecule has 2 aromatic heterocycles. The average Bonchev–Trinajstić information content (AvgIpc) is 3.07. The minimum atomic E-state index is -0.524. The Kier molecular flexibility index (Phi) is 4.62. The van der Waals surface area contributed by atoms with Crippen molar-refractivity contribution in [1.82, 2.24) is 14.9 Å². The van der Waals surface area contributed by atoms with Crippen LogP contribution in [0, 0.1) is 17.8 Å². The molecule has 0 spiro atoms. The number of rotatable bonds is 2. The summed E-state index contributed by atoms with van der Waals surface area (Å²) >= 11 is 12.0. The van der Waals surface area contributed by atoms with Gasteiger partial charge in [0.05, 0.1) is 0 Å². The molecule has 0 bridgehead atoms. The summed E-state index contributed by atoms with van der Waals surface area (Å²) in [5.41, 5.74) is -0.524. The highest BCUT2D eigenvalue weighted by atomic mass is 35.5. The van der Waals surface area contributed by atoms with Gasteiger partial charge in [-0.3, -0.25) is 4.79 Å². The topological polar surface area (TPSA) is 84.4 Å². The fourth-order valence-corrected chi connectivity index (χ4v) is 4.24. The van der Waals surface area contributed by atoms with Crippen LogP contribution in [-0.2, 0) is 9.53 Å². The summed E-state index contributed by atoms with van der Waals surface area (Å²) in [5.74, 6) is 0.574. The number of nitrogens with one attached hydrogen (secondary N) is 1. The second-order valence-corrected chi connectivity index (χ2v) is 9.00. The lowest BCUT2D eigenvalue weighted by atomic mass is 10.2. The van der Waals surface area contributed by atoms with Crippen LogP contribution in [0.25, 0.3) is 10.8 Å². The lowest BCUT2D eigenvalue weighted by Crippen LogP contribution is -2.38. The highest BCUT2D eigenvalue weighted by Crippen LogP contribution is 2.52. The molecule has 1 saturated heterocycles. The maximum atomic E-state index is 12.6. The maximum Gasteiger partial charge on any atom is 0.410 e. The van der Waals surface area contributed by atoms with Crippen LogP contribution in [-0.4, -0.2) is 45.6 Å². The number of likely N-dealkylation sites (tertiary alicyclic amines) is 1. The fraction of sp³-hybridized carbons (Fsp3) is 0.474. The first-order chi connectivity index (χ1) is 13.1. The van der Waals surface area contributed by atoms with Crippen LogP contribution < -0.4 is 5.32 Å². The molecule has 2 aromatic rings. The zero-order chi connectivity index (χ0) is 20.2. The maximum absolute atomic E-state index is 12.6. The van der Waals surface area contributed by atoms with Crippen LogP contribution in [0.3, 0.4) is 0 Å². The fourth-order valence-electron chi connectivity index (χ4n) is 3.75. The van der Waals surface area contributed by atoms with E-state index in [4.69, 9.17) is 27.9 Å². The second kappa shape index (κ2) is 6.74. The van der Waals surface area contributed by atoms with Gasteiger partial charge in [-0.2, -0.15) is 0 Å². The van der Waals surface area contributed by atoms with Crippen molar-refractivity contribution < 1.29 is 14.3 Å². The quantitative estimate of drug-likeness (QED) is 0.739. The largest absolute Gasteiger partial charge is 0.444 e. The van der Waals surface area contributed by atoms with Gasteiger partial charge in [0.2, 0.25) is 5.91 Å². The van der Waals surface area contributed by atoms with E-state index < -0.39 is 5.60 Å². The molecular formula is C19H20Cl2N4O3. The molecule has 7 nitrogen and oxygen atoms in total. The normalized spacial score (nSPS) is 23.5. The lowest BCUT2D eigenvalue weighted by Gasteiger charge is -2.25. The minimum Gasteiger partial charge on any atom is -0.444 e. The Morgan fingerprint density at radius 3 is 2.54 bits per heavy atom. The monoisotopic (exact) mass is 422 g/mol. The minimum absolute atomic E-state index is 0.0862. The number of aromatic nitrogens is 2. The van der Waals surface area contributed by atoms with Crippen molar-refractivity contribution in [2.24, 2.45) is 17.8 Å². The number of hydrogen-bond acceptors (Lipinski definition) is 5. The van der Waals surface area contributed by atoms with E-state index in [0.29, 0.717) is 24.3 Å². The summed E-state index contributed by atoms with van der Waals surface area (Å²) in [6.45, 7) is 6.60. The lowest BCUT2D eigenvalue weighted by molar-refractivity contribution is -0.118. The Balaban J connectivity index is 1.38. The van der Waals surface area contributed by atoms with Gasteiger partial charge in [0.1, 0.15) is 21.7 Å². The van der Waals surface area contributed by atoms with Gasteiger partial charge in [-0.25, -0.2) is 14.8 Å². The van der Waals surface area contributed by atoms with Crippen molar-refractivity contribution in [3.05, 3.63) is 28.6 Å². The average molecular weight is 423 g/mol. The van der Waals surface area contributed by atoms with Gasteiger partial charge < -0.3 is 15.0 Å². The molecule has 0 unspecified atom stereocenters. The van der Waals surface area contributed by atoms with Gasteiger partial charge in [0.15, 0.2) is 0 Å². The summed E-state index contributed by atoms with van der Waals surface area (Å²) < 4.78 is 5.39. The molecule has 148 valence electrons. The first kappa shape index (κ1) is 19.2. The molecule has 2 amide bonds. The van der Waals surface area contributed by atoms with E-state index in [-0.39, 0.29) is 40.1 Å². The van der Waals surface area contributed by atoms with Gasteiger partial charge in [-0.15, -0.1) is 0 Å². The van der Waals surface area contributed by atoms with E-state index >= 15 is 0 Å². The van der Waals surface area contributed by atoms with Crippen molar-refractivity contribution in [2.75, 3.05) is 18.4 Å². The van der Waals surface area contributed by atoms with Crippen LogP contribution >= 0.6 is 23.2 Å². The molecule has 1 aliphatic carbocycles. The smallest absolute Gasteiger partial charge is 0.410 e. The first-order valence-electron chi connectivity index (χ1n) is 9.03. The second-order valence-electron chi connectivity index (χ2n) is 8.25. The molecule has 4 rings (SSSR count). The van der Waals surface area contributed by atoms with Gasteiger partial charge >= 0.3 is 6.09 Å². The van der Waals surface area contributed by atoms with Crippen LogP contribution in [0.2, 0.25) is 10.3 Å². The van der Waals surface area contributed by atoms with E-state index in [0.717, 1.165) is 5.39 Å². The van der Waals surface area contributed by atoms with Gasteiger partial charge in [0.25, 0.3) is 0 Å². The molecule has 1 saturated carbocycles. The molecule has 28 heavy (non-hydrogen) atoms. The van der Waals surface area contributed by atoms with E-state index in [9.17, 15) is 9.59 Å². The van der Waals surface area contributed by atoms with Crippen molar-refractivity contribution in [3.8, 4) is 0 Å². The predicted octanol–water partition coefficient (Wildman–Crippen LogP) is 3.99. The third-order valence-electron chi connectivity index (χ3n) is 5.04. The standard InChI is InChI=1S/C19H20Cl2N4O3/c1-19(2,3)28-18(27)25-7-11-12(8-25)15(11)17(26)24-14-5-9-4-13(20)23-16(21)10(9)6-22-14/h4-6,11-12,15H,7-8H2,1-3H3,(H,22,24,26)/t11-,12+,15+. The molecule has 9 heteroatoms. The van der Waals surface area contributed by atoms with Crippen LogP contribution in [0.4, 0.5) is 10.6 Å². The molecule has 3 heterocycles. The van der Waals surface area contributed by atoms with E-state index in [1.54, 1.807) is 23.2 Å². The summed E-state index contributed by atoms with van der Waals surface area (Å²) in [7, 11) is 0. The number of carbonyl (C=O) groups is 2. The summed E-state index contributed by atoms with van der Waals surface area (Å²) in [6, 6.07) is 3.39. The number of anilines is 1. The Morgan fingerprint density at radius 1 is 1.21 bits per heavy atom. The van der Waals surface area contributed by atoms with E-state index in [1.807, 2.05) is 20.8 Å². The molecule has 2 fully saturated rings. The third-order valence-corrected chi connectivity index (χ3v) is 5.52. The Bertz CT molecular complexity index is 964. The van der Waals surface area contributed by atoms with Crippen molar-refractivity contribution in [2.45, 2.75) is 26.4 Å². The van der Waals surface area contributed by atoms with Gasteiger partial charge in [-0.1, -0.05) is 23.2 Å². The number of amides is 2. The highest BCUT2D eigenvalue weighted by Gasteiger charge is 2.60. The molecule has 0 aromatic carbocycles. The van der Waals surface area contributed by atoms with Gasteiger partial charge in [-0.05, 0) is 50.1 Å². The number of hydrogen-bond donors (Lipinski definition) is 1. The Hall–Kier alpha value is -2.12. The molecular weight excluding hydrogens is 403 g/mol. The molecule has 3 atom stereocenters. The number of pyridine rings is 2. The summed E-state index contributed by atoms with van der Waals surface area (Å²) in [6.07, 6.45) is 1.24. The third kappa shape index (κ3) is 3.73. The molecule has 1 aliphatic heterocycles. The van der Waals surface area contributed by atoms with Crippen LogP contribution in [0.15, 0.2) is 18.3 Å². The number of ether oxygens (including phenoxy) is 1. The number of carbonyl (C=O) groups excluding carboxylic acids is 2. The van der Waals surface area contributed by atoms with Crippen LogP contribution in [0.5, 0.6) is 0 Å². The number of nitrogens with zero attached hydrogens (tertiary/aromatic N) is 3. The zero-order valence-electron chi connectivity index (χ0n) is 15.7. The molecule has 1 N–H and O–H groups in total. The summed E-state index contributed by atoms with van der Waals surface area (Å²) in [4.78, 5) is 34.6. The van der Waals surface area contributed by atoms with E-state index in [1.165, 1.54) is 0 Å². The predicted molar refractivity (Wildman–Crippen MR) is 106 cm³/mol. The SMILES string of the molecule is CC(C)(C)OC(=O)N1C[C@@H]2[C@H](C1)[C@H]2C(=O)Nc1cc2cc(Cl)nc(Cl)c2cn1. The number of fused-ring (bicyclic) bond motifs is 2. The molecule has 0 radical (unpaired) electrons. The van der Waals surface area contributed by atoms with Crippen LogP contribution in [0.1, 0.15) is 20.8 Å². The van der Waals surface area contributed by atoms with Crippen molar-refractivity contribution in [1.29, 1.82) is 0 Å². The first-order valence-corrected chi connectivity index (χ1v) is 9.78.